The molecule has 0 aromatic carbocycles. The molecule has 0 amide bonds. The molecule has 3 heteroatoms. The first-order valence-corrected chi connectivity index (χ1v) is 3.17. The van der Waals surface area contributed by atoms with Gasteiger partial charge in [0.25, 0.3) is 0 Å². The van der Waals surface area contributed by atoms with E-state index in [0.717, 1.165) is 0 Å². The molecule has 0 aromatic heterocycles. The third kappa shape index (κ3) is 3.97. The Morgan fingerprint density at radius 3 is 2.64 bits per heavy atom. The first-order chi connectivity index (χ1) is 5.22. The van der Waals surface area contributed by atoms with Gasteiger partial charge in [-0.25, -0.2) is 0 Å². The Kier molecular flexibility index (Phi) is 4.56. The van der Waals surface area contributed by atoms with E-state index in [1.807, 2.05) is 0 Å². The highest BCUT2D eigenvalue weighted by Gasteiger charge is 1.88. The average Bonchev–Trinajstić information content (AvgIpc) is 2.00. The summed E-state index contributed by atoms with van der Waals surface area (Å²) in [4.78, 5) is 3.74. The number of allylic oxidation sites excluding steroid dienone is 2. The van der Waals surface area contributed by atoms with E-state index in [1.54, 1.807) is 25.4 Å². The van der Waals surface area contributed by atoms with Crippen LogP contribution in [0, 0.1) is 0 Å². The molecule has 3 nitrogen and oxygen atoms in total. The third-order valence-corrected chi connectivity index (χ3v) is 1.07. The molecular weight excluding hydrogens is 138 g/mol. The van der Waals surface area contributed by atoms with Gasteiger partial charge in [-0.3, -0.25) is 4.99 Å². The lowest BCUT2D eigenvalue weighted by Crippen LogP contribution is -1.99. The molecule has 11 heavy (non-hydrogen) atoms. The number of hydrogen-bond acceptors (Lipinski definition) is 3. The van der Waals surface area contributed by atoms with Crippen LogP contribution in [-0.2, 0) is 0 Å². The summed E-state index contributed by atoms with van der Waals surface area (Å²) >= 11 is 0. The van der Waals surface area contributed by atoms with E-state index >= 15 is 0 Å². The predicted molar refractivity (Wildman–Crippen MR) is 49.2 cm³/mol. The number of nitrogens with two attached hydrogens (primary N) is 2. The highest BCUT2D eigenvalue weighted by atomic mass is 14.6. The molecule has 0 aliphatic carbocycles. The van der Waals surface area contributed by atoms with E-state index in [0.29, 0.717) is 11.3 Å². The fourth-order valence-corrected chi connectivity index (χ4v) is 0.474. The maximum Gasteiger partial charge on any atom is 0.0397 e. The van der Waals surface area contributed by atoms with Crippen LogP contribution in [0.25, 0.3) is 0 Å². The summed E-state index contributed by atoms with van der Waals surface area (Å²) in [5.74, 6) is 0. The summed E-state index contributed by atoms with van der Waals surface area (Å²) in [5, 5.41) is 0. The lowest BCUT2D eigenvalue weighted by atomic mass is 10.2. The van der Waals surface area contributed by atoms with Crippen LogP contribution < -0.4 is 11.5 Å². The molecule has 0 bridgehead atoms. The lowest BCUT2D eigenvalue weighted by molar-refractivity contribution is 1.36. The highest BCUT2D eigenvalue weighted by molar-refractivity contribution is 5.73. The van der Waals surface area contributed by atoms with E-state index in [-0.39, 0.29) is 0 Å². The zero-order valence-electron chi connectivity index (χ0n) is 6.62. The molecule has 0 heterocycles. The minimum absolute atomic E-state index is 0.567. The summed E-state index contributed by atoms with van der Waals surface area (Å²) in [6.45, 7) is 3.68. The molecule has 0 radical (unpaired) electrons. The van der Waals surface area contributed by atoms with Gasteiger partial charge < -0.3 is 11.5 Å². The normalized spacial score (nSPS) is 13.0. The maximum absolute atomic E-state index is 5.55. The standard InChI is InChI=1S/C8H13N3/c1-7(3-5-9)8(10)4-6-11-2/h3-6H,1,9-10H2,2H3/b5-3-,8-4+,11-6?. The Bertz CT molecular complexity index is 211. The summed E-state index contributed by atoms with van der Waals surface area (Å²) < 4.78 is 0. The van der Waals surface area contributed by atoms with Crippen molar-refractivity contribution in [2.45, 2.75) is 0 Å². The Hall–Kier alpha value is -1.51. The molecule has 60 valence electrons. The monoisotopic (exact) mass is 151 g/mol. The first-order valence-electron chi connectivity index (χ1n) is 3.17. The van der Waals surface area contributed by atoms with Gasteiger partial charge in [0, 0.05) is 19.0 Å². The summed E-state index contributed by atoms with van der Waals surface area (Å²) in [6, 6.07) is 0. The summed E-state index contributed by atoms with van der Waals surface area (Å²) in [5.41, 5.74) is 11.9. The second-order valence-corrected chi connectivity index (χ2v) is 1.91. The highest BCUT2D eigenvalue weighted by Crippen LogP contribution is 1.99. The van der Waals surface area contributed by atoms with Gasteiger partial charge >= 0.3 is 0 Å². The topological polar surface area (TPSA) is 64.4 Å². The molecule has 0 aliphatic rings. The minimum atomic E-state index is 0.567. The second kappa shape index (κ2) is 5.29. The molecule has 4 N–H and O–H groups in total. The van der Waals surface area contributed by atoms with E-state index in [9.17, 15) is 0 Å². The third-order valence-electron chi connectivity index (χ3n) is 1.07. The van der Waals surface area contributed by atoms with Crippen LogP contribution in [0.2, 0.25) is 0 Å². The van der Waals surface area contributed by atoms with Crippen LogP contribution in [0.3, 0.4) is 0 Å². The van der Waals surface area contributed by atoms with Crippen molar-refractivity contribution in [1.29, 1.82) is 0 Å². The Morgan fingerprint density at radius 2 is 2.18 bits per heavy atom. The van der Waals surface area contributed by atoms with Crippen LogP contribution in [0.15, 0.2) is 41.2 Å². The quantitative estimate of drug-likeness (QED) is 0.457. The fraction of sp³-hybridized carbons (Fsp3) is 0.125. The van der Waals surface area contributed by atoms with Gasteiger partial charge in [-0.05, 0) is 23.9 Å². The predicted octanol–water partition coefficient (Wildman–Crippen LogP) is 0.558. The first kappa shape index (κ1) is 9.49. The number of aliphatic imine (C=N–C) groups is 1. The molecule has 0 unspecified atom stereocenters. The van der Waals surface area contributed by atoms with Crippen molar-refractivity contribution >= 4 is 6.21 Å². The molecule has 0 aliphatic heterocycles. The van der Waals surface area contributed by atoms with Gasteiger partial charge in [-0.1, -0.05) is 6.58 Å². The summed E-state index contributed by atoms with van der Waals surface area (Å²) in [7, 11) is 1.67. The maximum atomic E-state index is 5.55. The van der Waals surface area contributed by atoms with Crippen LogP contribution >= 0.6 is 0 Å². The zero-order valence-corrected chi connectivity index (χ0v) is 6.62. The number of hydrogen-bond donors (Lipinski definition) is 2. The zero-order chi connectivity index (χ0) is 8.69. The van der Waals surface area contributed by atoms with Gasteiger partial charge in [-0.15, -0.1) is 0 Å². The van der Waals surface area contributed by atoms with Gasteiger partial charge in [0.2, 0.25) is 0 Å². The minimum Gasteiger partial charge on any atom is -0.405 e. The van der Waals surface area contributed by atoms with Crippen molar-refractivity contribution in [1.82, 2.24) is 0 Å². The van der Waals surface area contributed by atoms with Gasteiger partial charge in [-0.2, -0.15) is 0 Å². The van der Waals surface area contributed by atoms with Crippen LogP contribution in [0.4, 0.5) is 0 Å². The van der Waals surface area contributed by atoms with Crippen LogP contribution in [0.5, 0.6) is 0 Å². The van der Waals surface area contributed by atoms with E-state index in [1.165, 1.54) is 6.20 Å². The van der Waals surface area contributed by atoms with Crippen LogP contribution in [0.1, 0.15) is 0 Å². The van der Waals surface area contributed by atoms with Gasteiger partial charge in [0.15, 0.2) is 0 Å². The Morgan fingerprint density at radius 1 is 1.55 bits per heavy atom. The molecule has 0 fully saturated rings. The van der Waals surface area contributed by atoms with E-state index < -0.39 is 0 Å². The smallest absolute Gasteiger partial charge is 0.0397 e. The van der Waals surface area contributed by atoms with Gasteiger partial charge in [0.05, 0.1) is 0 Å². The Balaban J connectivity index is 4.23. The van der Waals surface area contributed by atoms with Crippen LogP contribution in [-0.4, -0.2) is 13.3 Å². The molecule has 0 aromatic rings. The second-order valence-electron chi connectivity index (χ2n) is 1.91. The van der Waals surface area contributed by atoms with Crippen molar-refractivity contribution in [3.05, 3.63) is 36.2 Å². The summed E-state index contributed by atoms with van der Waals surface area (Å²) in [6.07, 6.45) is 6.30. The van der Waals surface area contributed by atoms with Crippen molar-refractivity contribution in [2.75, 3.05) is 7.05 Å². The molecule has 0 rings (SSSR count). The van der Waals surface area contributed by atoms with Gasteiger partial charge in [0.1, 0.15) is 0 Å². The molecule has 0 saturated heterocycles. The fourth-order valence-electron chi connectivity index (χ4n) is 0.474. The Labute approximate surface area is 66.8 Å². The molecule has 0 atom stereocenters. The van der Waals surface area contributed by atoms with Crippen molar-refractivity contribution in [3.63, 3.8) is 0 Å². The lowest BCUT2D eigenvalue weighted by Gasteiger charge is -1.96. The average molecular weight is 151 g/mol. The molecule has 0 saturated carbocycles. The van der Waals surface area contributed by atoms with Crippen molar-refractivity contribution < 1.29 is 0 Å². The number of rotatable bonds is 3. The molecular formula is C8H13N3. The largest absolute Gasteiger partial charge is 0.405 e. The van der Waals surface area contributed by atoms with Crippen molar-refractivity contribution in [3.8, 4) is 0 Å². The number of nitrogens with zero attached hydrogens (tertiary/aromatic N) is 1. The molecule has 0 spiro atoms. The SMILES string of the molecule is C=C(/C=C\N)/C(N)=C\C=NC. The van der Waals surface area contributed by atoms with E-state index in [4.69, 9.17) is 11.5 Å². The van der Waals surface area contributed by atoms with E-state index in [2.05, 4.69) is 11.6 Å². The van der Waals surface area contributed by atoms with Crippen molar-refractivity contribution in [2.24, 2.45) is 16.5 Å².